The number of amides is 1. The van der Waals surface area contributed by atoms with Gasteiger partial charge in [0.25, 0.3) is 5.91 Å². The number of piperidine rings is 1. The first kappa shape index (κ1) is 24.7. The number of halogens is 1. The van der Waals surface area contributed by atoms with Gasteiger partial charge >= 0.3 is 0 Å². The van der Waals surface area contributed by atoms with E-state index in [1.54, 1.807) is 6.20 Å². The highest BCUT2D eigenvalue weighted by molar-refractivity contribution is 6.35. The summed E-state index contributed by atoms with van der Waals surface area (Å²) < 4.78 is 5.34. The third-order valence-electron chi connectivity index (χ3n) is 7.00. The van der Waals surface area contributed by atoms with E-state index in [-0.39, 0.29) is 5.91 Å². The van der Waals surface area contributed by atoms with Crippen LogP contribution in [-0.2, 0) is 4.74 Å². The van der Waals surface area contributed by atoms with E-state index < -0.39 is 0 Å². The van der Waals surface area contributed by atoms with Crippen LogP contribution in [0.5, 0.6) is 0 Å². The summed E-state index contributed by atoms with van der Waals surface area (Å²) >= 11 is 6.47. The minimum absolute atomic E-state index is 0.0244. The summed E-state index contributed by atoms with van der Waals surface area (Å²) in [5.41, 5.74) is 3.23. The van der Waals surface area contributed by atoms with Gasteiger partial charge in [-0.05, 0) is 63.1 Å². The quantitative estimate of drug-likeness (QED) is 0.495. The lowest BCUT2D eigenvalue weighted by Gasteiger charge is -2.35. The zero-order valence-corrected chi connectivity index (χ0v) is 21.6. The number of ether oxygens (including phenoxy) is 1. The number of hydrogen-bond donors (Lipinski definition) is 2. The van der Waals surface area contributed by atoms with Gasteiger partial charge in [0.1, 0.15) is 5.52 Å². The first-order valence-corrected chi connectivity index (χ1v) is 13.1. The molecule has 0 spiro atoms. The molecule has 1 amide bonds. The zero-order chi connectivity index (χ0) is 25.1. The molecule has 3 heterocycles. The van der Waals surface area contributed by atoms with Gasteiger partial charge in [0.2, 0.25) is 5.95 Å². The van der Waals surface area contributed by atoms with E-state index in [0.29, 0.717) is 54.9 Å². The van der Waals surface area contributed by atoms with Crippen LogP contribution in [-0.4, -0.2) is 77.2 Å². The summed E-state index contributed by atoms with van der Waals surface area (Å²) in [6.45, 7) is 9.10. The number of hydrogen-bond acceptors (Lipinski definition) is 7. The second-order valence-electron chi connectivity index (χ2n) is 9.71. The molecule has 0 bridgehead atoms. The highest BCUT2D eigenvalue weighted by Gasteiger charge is 2.22. The SMILES string of the molecule is CC(C)N1CCC(Nc2ccc(Cl)c3cnc(Nc4ccc(C(=O)N5CCOCC5)cc4)nc23)CC1. The largest absolute Gasteiger partial charge is 0.380 e. The van der Waals surface area contributed by atoms with Crippen molar-refractivity contribution in [2.75, 3.05) is 50.0 Å². The lowest BCUT2D eigenvalue weighted by molar-refractivity contribution is 0.0303. The van der Waals surface area contributed by atoms with Crippen molar-refractivity contribution in [1.82, 2.24) is 19.8 Å². The summed E-state index contributed by atoms with van der Waals surface area (Å²) in [6, 6.07) is 12.3. The molecule has 0 radical (unpaired) electrons. The van der Waals surface area contributed by atoms with Crippen LogP contribution < -0.4 is 10.6 Å². The average molecular weight is 509 g/mol. The molecule has 0 atom stereocenters. The van der Waals surface area contributed by atoms with Gasteiger partial charge in [0.15, 0.2) is 0 Å². The normalized spacial score (nSPS) is 17.5. The summed E-state index contributed by atoms with van der Waals surface area (Å²) in [7, 11) is 0. The average Bonchev–Trinajstić information content (AvgIpc) is 2.91. The van der Waals surface area contributed by atoms with Crippen LogP contribution in [0.15, 0.2) is 42.6 Å². The van der Waals surface area contributed by atoms with Crippen molar-refractivity contribution in [2.24, 2.45) is 0 Å². The smallest absolute Gasteiger partial charge is 0.254 e. The van der Waals surface area contributed by atoms with E-state index in [4.69, 9.17) is 21.3 Å². The molecular weight excluding hydrogens is 476 g/mol. The predicted octanol–water partition coefficient (Wildman–Crippen LogP) is 4.78. The third-order valence-corrected chi connectivity index (χ3v) is 7.33. The van der Waals surface area contributed by atoms with Crippen molar-refractivity contribution in [3.8, 4) is 0 Å². The van der Waals surface area contributed by atoms with Crippen LogP contribution in [0.1, 0.15) is 37.0 Å². The van der Waals surface area contributed by atoms with Crippen LogP contribution in [0.4, 0.5) is 17.3 Å². The number of morpholine rings is 1. The van der Waals surface area contributed by atoms with Crippen LogP contribution in [0.25, 0.3) is 10.9 Å². The Kier molecular flexibility index (Phi) is 7.55. The number of carbonyl (C=O) groups is 1. The summed E-state index contributed by atoms with van der Waals surface area (Å²) in [6.07, 6.45) is 3.94. The minimum atomic E-state index is 0.0244. The number of nitrogens with one attached hydrogen (secondary N) is 2. The third kappa shape index (κ3) is 5.56. The summed E-state index contributed by atoms with van der Waals surface area (Å²) in [5, 5.41) is 8.41. The van der Waals surface area contributed by atoms with Gasteiger partial charge in [-0.3, -0.25) is 4.79 Å². The highest BCUT2D eigenvalue weighted by atomic mass is 35.5. The molecule has 2 aliphatic heterocycles. The van der Waals surface area contributed by atoms with E-state index in [1.807, 2.05) is 41.3 Å². The molecule has 8 nitrogen and oxygen atoms in total. The van der Waals surface area contributed by atoms with Crippen LogP contribution >= 0.6 is 11.6 Å². The Balaban J connectivity index is 1.30. The van der Waals surface area contributed by atoms with Crippen molar-refractivity contribution < 1.29 is 9.53 Å². The summed E-state index contributed by atoms with van der Waals surface area (Å²) in [4.78, 5) is 26.3. The standard InChI is InChI=1S/C27H33ClN6O2/c1-18(2)33-11-9-21(10-12-33)30-24-8-7-23(28)22-17-29-27(32-25(22)24)31-20-5-3-19(4-6-20)26(35)34-13-15-36-16-14-34/h3-8,17-18,21,30H,9-16H2,1-2H3,(H,29,31,32). The molecule has 190 valence electrons. The molecular formula is C27H33ClN6O2. The Hall–Kier alpha value is -2.94. The molecule has 3 aromatic rings. The topological polar surface area (TPSA) is 82.6 Å². The Labute approximate surface area is 217 Å². The van der Waals surface area contributed by atoms with Gasteiger partial charge in [-0.2, -0.15) is 0 Å². The lowest BCUT2D eigenvalue weighted by Crippen LogP contribution is -2.42. The van der Waals surface area contributed by atoms with E-state index in [2.05, 4.69) is 34.4 Å². The number of nitrogens with zero attached hydrogens (tertiary/aromatic N) is 4. The van der Waals surface area contributed by atoms with Gasteiger partial charge in [-0.1, -0.05) is 11.6 Å². The maximum absolute atomic E-state index is 12.7. The molecule has 0 unspecified atom stereocenters. The molecule has 1 aromatic heterocycles. The summed E-state index contributed by atoms with van der Waals surface area (Å²) in [5.74, 6) is 0.506. The molecule has 2 aromatic carbocycles. The fourth-order valence-corrected chi connectivity index (χ4v) is 5.02. The number of benzene rings is 2. The molecule has 2 N–H and O–H groups in total. The van der Waals surface area contributed by atoms with Crippen molar-refractivity contribution >= 4 is 45.7 Å². The van der Waals surface area contributed by atoms with Gasteiger partial charge in [0.05, 0.1) is 23.9 Å². The Morgan fingerprint density at radius 3 is 2.47 bits per heavy atom. The minimum Gasteiger partial charge on any atom is -0.380 e. The maximum Gasteiger partial charge on any atom is 0.254 e. The van der Waals surface area contributed by atoms with E-state index in [1.165, 1.54) is 0 Å². The molecule has 0 aliphatic carbocycles. The van der Waals surface area contributed by atoms with Gasteiger partial charge < -0.3 is 25.2 Å². The van der Waals surface area contributed by atoms with Crippen LogP contribution in [0.3, 0.4) is 0 Å². The van der Waals surface area contributed by atoms with Gasteiger partial charge in [-0.25, -0.2) is 9.97 Å². The van der Waals surface area contributed by atoms with Crippen molar-refractivity contribution in [1.29, 1.82) is 0 Å². The lowest BCUT2D eigenvalue weighted by atomic mass is 10.0. The van der Waals surface area contributed by atoms with Crippen LogP contribution in [0, 0.1) is 0 Å². The van der Waals surface area contributed by atoms with Gasteiger partial charge in [0, 0.05) is 61.1 Å². The number of anilines is 3. The highest BCUT2D eigenvalue weighted by Crippen LogP contribution is 2.31. The van der Waals surface area contributed by atoms with E-state index >= 15 is 0 Å². The second-order valence-corrected chi connectivity index (χ2v) is 10.1. The first-order valence-electron chi connectivity index (χ1n) is 12.7. The first-order chi connectivity index (χ1) is 17.5. The number of aromatic nitrogens is 2. The maximum atomic E-state index is 12.7. The molecule has 2 fully saturated rings. The molecule has 0 saturated carbocycles. The molecule has 5 rings (SSSR count). The number of rotatable bonds is 6. The van der Waals surface area contributed by atoms with Crippen LogP contribution in [0.2, 0.25) is 5.02 Å². The monoisotopic (exact) mass is 508 g/mol. The fraction of sp³-hybridized carbons (Fsp3) is 0.444. The molecule has 9 heteroatoms. The van der Waals surface area contributed by atoms with E-state index in [9.17, 15) is 4.79 Å². The Morgan fingerprint density at radius 2 is 1.78 bits per heavy atom. The van der Waals surface area contributed by atoms with E-state index in [0.717, 1.165) is 48.2 Å². The van der Waals surface area contributed by atoms with Crippen molar-refractivity contribution in [2.45, 2.75) is 38.8 Å². The van der Waals surface area contributed by atoms with Gasteiger partial charge in [-0.15, -0.1) is 0 Å². The number of fused-ring (bicyclic) bond motifs is 1. The fourth-order valence-electron chi connectivity index (χ4n) is 4.82. The Morgan fingerprint density at radius 1 is 1.06 bits per heavy atom. The Bertz CT molecular complexity index is 1200. The predicted molar refractivity (Wildman–Crippen MR) is 144 cm³/mol. The molecule has 36 heavy (non-hydrogen) atoms. The number of carbonyl (C=O) groups excluding carboxylic acids is 1. The molecule has 2 saturated heterocycles. The number of likely N-dealkylation sites (tertiary alicyclic amines) is 1. The zero-order valence-electron chi connectivity index (χ0n) is 20.8. The molecule has 2 aliphatic rings. The van der Waals surface area contributed by atoms with Crippen molar-refractivity contribution in [3.05, 3.63) is 53.2 Å². The second kappa shape index (κ2) is 11.0. The van der Waals surface area contributed by atoms with Crippen molar-refractivity contribution in [3.63, 3.8) is 0 Å².